The number of fused-ring (bicyclic) bond motifs is 1. The van der Waals surface area contributed by atoms with Crippen LogP contribution in [0.1, 0.15) is 12.5 Å². The van der Waals surface area contributed by atoms with Crippen molar-refractivity contribution >= 4 is 29.1 Å². The fraction of sp³-hybridized carbons (Fsp3) is 0.118. The maximum Gasteiger partial charge on any atom is 0.330 e. The van der Waals surface area contributed by atoms with E-state index in [9.17, 15) is 14.9 Å². The van der Waals surface area contributed by atoms with Gasteiger partial charge in [0.1, 0.15) is 11.8 Å². The number of aromatic nitrogens is 3. The topological polar surface area (TPSA) is 126 Å². The molecule has 2 N–H and O–H groups in total. The molecule has 0 atom stereocenters. The lowest BCUT2D eigenvalue weighted by Gasteiger charge is -2.04. The Balaban J connectivity index is 2.16. The molecule has 3 aromatic rings. The molecule has 2 heterocycles. The minimum absolute atomic E-state index is 0.0231. The Labute approximate surface area is 147 Å². The van der Waals surface area contributed by atoms with Crippen molar-refractivity contribution in [2.24, 2.45) is 0 Å². The van der Waals surface area contributed by atoms with Crippen LogP contribution in [0.5, 0.6) is 0 Å². The van der Waals surface area contributed by atoms with Crippen molar-refractivity contribution in [1.82, 2.24) is 14.6 Å². The van der Waals surface area contributed by atoms with E-state index in [1.54, 1.807) is 35.8 Å². The maximum atomic E-state index is 11.6. The molecule has 0 radical (unpaired) electrons. The number of nitrogens with zero attached hydrogens (tertiary/aromatic N) is 4. The first-order valence-electron chi connectivity index (χ1n) is 7.72. The number of ether oxygens (including phenoxy) is 1. The number of nitro benzene ring substituents is 1. The van der Waals surface area contributed by atoms with Crippen molar-refractivity contribution in [3.63, 3.8) is 0 Å². The van der Waals surface area contributed by atoms with Crippen LogP contribution in [0.2, 0.25) is 0 Å². The van der Waals surface area contributed by atoms with Gasteiger partial charge >= 0.3 is 5.97 Å². The lowest BCUT2D eigenvalue weighted by molar-refractivity contribution is -0.384. The first-order valence-corrected chi connectivity index (χ1v) is 7.72. The molecule has 132 valence electrons. The number of anilines is 1. The molecular formula is C17H15N5O4. The number of nitro groups is 1. The Bertz CT molecular complexity index is 1010. The van der Waals surface area contributed by atoms with Gasteiger partial charge in [-0.15, -0.1) is 0 Å². The number of rotatable bonds is 5. The molecule has 0 unspecified atom stereocenters. The van der Waals surface area contributed by atoms with Gasteiger partial charge < -0.3 is 10.5 Å². The average molecular weight is 353 g/mol. The summed E-state index contributed by atoms with van der Waals surface area (Å²) in [6, 6.07) is 6.03. The van der Waals surface area contributed by atoms with Crippen LogP contribution in [0, 0.1) is 10.1 Å². The van der Waals surface area contributed by atoms with Crippen LogP contribution in [-0.4, -0.2) is 32.1 Å². The maximum absolute atomic E-state index is 11.6. The van der Waals surface area contributed by atoms with Gasteiger partial charge in [0.25, 0.3) is 5.69 Å². The number of non-ortho nitro benzene ring substituents is 1. The molecule has 26 heavy (non-hydrogen) atoms. The SMILES string of the molecule is CCOC(=O)C=Cc1cn2ncnc(N)c2c1-c1ccc([N+](=O)[O-])cc1. The zero-order valence-electron chi connectivity index (χ0n) is 13.8. The summed E-state index contributed by atoms with van der Waals surface area (Å²) in [6.07, 6.45) is 5.90. The lowest BCUT2D eigenvalue weighted by atomic mass is 10.0. The quantitative estimate of drug-likeness (QED) is 0.323. The zero-order chi connectivity index (χ0) is 18.7. The smallest absolute Gasteiger partial charge is 0.330 e. The van der Waals surface area contributed by atoms with Gasteiger partial charge in [-0.05, 0) is 30.7 Å². The van der Waals surface area contributed by atoms with Crippen molar-refractivity contribution in [2.75, 3.05) is 12.3 Å². The molecule has 1 aromatic carbocycles. The highest BCUT2D eigenvalue weighted by Crippen LogP contribution is 2.34. The largest absolute Gasteiger partial charge is 0.463 e. The molecular weight excluding hydrogens is 338 g/mol. The molecule has 0 saturated heterocycles. The molecule has 3 rings (SSSR count). The van der Waals surface area contributed by atoms with Crippen LogP contribution in [-0.2, 0) is 9.53 Å². The molecule has 0 aliphatic rings. The third kappa shape index (κ3) is 3.22. The Morgan fingerprint density at radius 1 is 1.38 bits per heavy atom. The second-order valence-corrected chi connectivity index (χ2v) is 5.29. The number of esters is 1. The molecule has 0 bridgehead atoms. The third-order valence-corrected chi connectivity index (χ3v) is 3.68. The van der Waals surface area contributed by atoms with Crippen molar-refractivity contribution in [2.45, 2.75) is 6.92 Å². The van der Waals surface area contributed by atoms with Gasteiger partial charge in [-0.2, -0.15) is 5.10 Å². The second-order valence-electron chi connectivity index (χ2n) is 5.29. The highest BCUT2D eigenvalue weighted by molar-refractivity contribution is 5.96. The first kappa shape index (κ1) is 17.1. The van der Waals surface area contributed by atoms with E-state index in [4.69, 9.17) is 10.5 Å². The van der Waals surface area contributed by atoms with E-state index < -0.39 is 10.9 Å². The fourth-order valence-corrected chi connectivity index (χ4v) is 2.58. The number of hydrogen-bond donors (Lipinski definition) is 1. The molecule has 0 fully saturated rings. The normalized spacial score (nSPS) is 11.1. The van der Waals surface area contributed by atoms with Crippen LogP contribution in [0.15, 0.2) is 42.9 Å². The molecule has 0 saturated carbocycles. The highest BCUT2D eigenvalue weighted by Gasteiger charge is 2.16. The van der Waals surface area contributed by atoms with E-state index in [-0.39, 0.29) is 18.1 Å². The second kappa shape index (κ2) is 7.01. The third-order valence-electron chi connectivity index (χ3n) is 3.68. The van der Waals surface area contributed by atoms with E-state index in [1.165, 1.54) is 24.5 Å². The molecule has 0 spiro atoms. The molecule has 0 aliphatic carbocycles. The molecule has 0 amide bonds. The summed E-state index contributed by atoms with van der Waals surface area (Å²) in [5.41, 5.74) is 8.52. The summed E-state index contributed by atoms with van der Waals surface area (Å²) in [6.45, 7) is 1.99. The van der Waals surface area contributed by atoms with Crippen LogP contribution in [0.4, 0.5) is 11.5 Å². The molecule has 2 aromatic heterocycles. The van der Waals surface area contributed by atoms with Gasteiger partial charge in [0.05, 0.1) is 11.5 Å². The van der Waals surface area contributed by atoms with E-state index >= 15 is 0 Å². The Kier molecular flexibility index (Phi) is 4.61. The zero-order valence-corrected chi connectivity index (χ0v) is 13.8. The van der Waals surface area contributed by atoms with Crippen molar-refractivity contribution in [1.29, 1.82) is 0 Å². The van der Waals surface area contributed by atoms with Crippen molar-refractivity contribution in [3.8, 4) is 11.1 Å². The van der Waals surface area contributed by atoms with Crippen LogP contribution in [0.3, 0.4) is 0 Å². The van der Waals surface area contributed by atoms with E-state index in [1.807, 2.05) is 0 Å². The fourth-order valence-electron chi connectivity index (χ4n) is 2.58. The summed E-state index contributed by atoms with van der Waals surface area (Å²) in [5, 5.41) is 15.0. The summed E-state index contributed by atoms with van der Waals surface area (Å²) in [4.78, 5) is 26.0. The Hall–Kier alpha value is -3.75. The van der Waals surface area contributed by atoms with E-state index in [0.717, 1.165) is 0 Å². The van der Waals surface area contributed by atoms with Crippen LogP contribution < -0.4 is 5.73 Å². The monoisotopic (exact) mass is 353 g/mol. The van der Waals surface area contributed by atoms with Gasteiger partial charge in [0.15, 0.2) is 5.82 Å². The van der Waals surface area contributed by atoms with Crippen LogP contribution in [0.25, 0.3) is 22.7 Å². The van der Waals surface area contributed by atoms with Gasteiger partial charge in [0.2, 0.25) is 0 Å². The number of nitrogen functional groups attached to an aromatic ring is 1. The Morgan fingerprint density at radius 2 is 2.12 bits per heavy atom. The minimum atomic E-state index is -0.475. The van der Waals surface area contributed by atoms with Crippen molar-refractivity contribution < 1.29 is 14.5 Å². The predicted octanol–water partition coefficient (Wildman–Crippen LogP) is 2.46. The minimum Gasteiger partial charge on any atom is -0.463 e. The summed E-state index contributed by atoms with van der Waals surface area (Å²) < 4.78 is 6.43. The predicted molar refractivity (Wildman–Crippen MR) is 95.2 cm³/mol. The summed E-state index contributed by atoms with van der Waals surface area (Å²) in [5.74, 6) is -0.222. The summed E-state index contributed by atoms with van der Waals surface area (Å²) >= 11 is 0. The van der Waals surface area contributed by atoms with Crippen LogP contribution >= 0.6 is 0 Å². The lowest BCUT2D eigenvalue weighted by Crippen LogP contribution is -1.98. The first-order chi connectivity index (χ1) is 12.5. The molecule has 0 aliphatic heterocycles. The number of carbonyl (C=O) groups is 1. The van der Waals surface area contributed by atoms with Gasteiger partial charge in [-0.3, -0.25) is 10.1 Å². The van der Waals surface area contributed by atoms with E-state index in [2.05, 4.69) is 10.1 Å². The number of carbonyl (C=O) groups excluding carboxylic acids is 1. The standard InChI is InChI=1S/C17H15N5O4/c1-2-26-14(23)8-5-12-9-21-16(17(18)19-10-20-21)15(12)11-3-6-13(7-4-11)22(24)25/h3-10H,2H2,1H3,(H2,18,19,20). The molecule has 9 heteroatoms. The Morgan fingerprint density at radius 3 is 2.77 bits per heavy atom. The molecule has 9 nitrogen and oxygen atoms in total. The van der Waals surface area contributed by atoms with Gasteiger partial charge in [-0.25, -0.2) is 14.3 Å². The van der Waals surface area contributed by atoms with Gasteiger partial charge in [0, 0.05) is 35.5 Å². The number of nitrogens with two attached hydrogens (primary N) is 1. The number of benzene rings is 1. The average Bonchev–Trinajstić information content (AvgIpc) is 3.00. The van der Waals surface area contributed by atoms with E-state index in [0.29, 0.717) is 22.2 Å². The van der Waals surface area contributed by atoms with Crippen molar-refractivity contribution in [3.05, 3.63) is 58.5 Å². The highest BCUT2D eigenvalue weighted by atomic mass is 16.6. The van der Waals surface area contributed by atoms with Gasteiger partial charge in [-0.1, -0.05) is 0 Å². The summed E-state index contributed by atoms with van der Waals surface area (Å²) in [7, 11) is 0. The number of hydrogen-bond acceptors (Lipinski definition) is 7.